The molecule has 0 saturated carbocycles. The topological polar surface area (TPSA) is 60.1 Å². The number of aliphatic imine (C=N–C) groups is 1. The summed E-state index contributed by atoms with van der Waals surface area (Å²) in [5, 5.41) is 4.40. The van der Waals surface area contributed by atoms with Crippen LogP contribution < -0.4 is 0 Å². The number of aryl methyl sites for hydroxylation is 1. The Kier molecular flexibility index (Phi) is 5.58. The average Bonchev–Trinajstić information content (AvgIpc) is 3.26. The Labute approximate surface area is 182 Å². The van der Waals surface area contributed by atoms with Gasteiger partial charge in [-0.2, -0.15) is 5.10 Å². The number of rotatable bonds is 6. The first-order valence-electron chi connectivity index (χ1n) is 10.2. The van der Waals surface area contributed by atoms with Crippen molar-refractivity contribution in [2.45, 2.75) is 26.3 Å². The number of hydrogen-bond acceptors (Lipinski definition) is 4. The Morgan fingerprint density at radius 1 is 0.871 bits per heavy atom. The van der Waals surface area contributed by atoms with Crippen molar-refractivity contribution in [2.75, 3.05) is 0 Å². The van der Waals surface area contributed by atoms with Gasteiger partial charge in [0.05, 0.1) is 23.3 Å². The lowest BCUT2D eigenvalue weighted by Crippen LogP contribution is -2.36. The predicted molar refractivity (Wildman–Crippen MR) is 123 cm³/mol. The maximum absolute atomic E-state index is 13.1. The minimum Gasteiger partial charge on any atom is -0.290 e. The van der Waals surface area contributed by atoms with Gasteiger partial charge in [-0.25, -0.2) is 4.99 Å². The molecule has 2 aromatic carbocycles. The summed E-state index contributed by atoms with van der Waals surface area (Å²) in [5.41, 5.74) is 4.01. The molecule has 0 atom stereocenters. The third kappa shape index (κ3) is 4.36. The van der Waals surface area contributed by atoms with Gasteiger partial charge in [-0.05, 0) is 39.0 Å². The highest BCUT2D eigenvalue weighted by Crippen LogP contribution is 2.22. The molecule has 0 aliphatic rings. The SMILES string of the molecule is Cc1ccn(C(C)(C)C(=O)c2ccc(N=C(c3ccccc3)c3ccccc3)cn2)n1. The third-order valence-corrected chi connectivity index (χ3v) is 5.17. The van der Waals surface area contributed by atoms with E-state index in [0.717, 1.165) is 22.5 Å². The summed E-state index contributed by atoms with van der Waals surface area (Å²) >= 11 is 0. The van der Waals surface area contributed by atoms with Gasteiger partial charge < -0.3 is 0 Å². The molecule has 0 fully saturated rings. The van der Waals surface area contributed by atoms with Crippen LogP contribution in [0, 0.1) is 6.92 Å². The number of hydrogen-bond donors (Lipinski definition) is 0. The first-order chi connectivity index (χ1) is 14.9. The summed E-state index contributed by atoms with van der Waals surface area (Å²) < 4.78 is 1.68. The fourth-order valence-corrected chi connectivity index (χ4v) is 3.35. The van der Waals surface area contributed by atoms with Crippen molar-refractivity contribution in [3.63, 3.8) is 0 Å². The van der Waals surface area contributed by atoms with Gasteiger partial charge in [-0.3, -0.25) is 14.5 Å². The van der Waals surface area contributed by atoms with Gasteiger partial charge in [0.2, 0.25) is 5.78 Å². The van der Waals surface area contributed by atoms with E-state index in [1.807, 2.05) is 99.8 Å². The van der Waals surface area contributed by atoms with E-state index >= 15 is 0 Å². The zero-order chi connectivity index (χ0) is 21.8. The highest BCUT2D eigenvalue weighted by Gasteiger charge is 2.32. The van der Waals surface area contributed by atoms with Crippen LogP contribution in [0.2, 0.25) is 0 Å². The number of ketones is 1. The van der Waals surface area contributed by atoms with E-state index in [2.05, 4.69) is 10.1 Å². The second kappa shape index (κ2) is 8.48. The zero-order valence-corrected chi connectivity index (χ0v) is 17.9. The summed E-state index contributed by atoms with van der Waals surface area (Å²) in [6.45, 7) is 5.59. The van der Waals surface area contributed by atoms with Crippen LogP contribution in [0.15, 0.2) is 96.2 Å². The monoisotopic (exact) mass is 408 g/mol. The molecular formula is C26H24N4O. The van der Waals surface area contributed by atoms with Crippen LogP contribution in [0.5, 0.6) is 0 Å². The molecule has 2 aromatic heterocycles. The summed E-state index contributed by atoms with van der Waals surface area (Å²) in [4.78, 5) is 22.4. The maximum atomic E-state index is 13.1. The summed E-state index contributed by atoms with van der Waals surface area (Å²) in [5.74, 6) is -0.0996. The van der Waals surface area contributed by atoms with Crippen molar-refractivity contribution in [3.05, 3.63) is 114 Å². The Morgan fingerprint density at radius 2 is 1.48 bits per heavy atom. The predicted octanol–water partition coefficient (Wildman–Crippen LogP) is 5.37. The van der Waals surface area contributed by atoms with Gasteiger partial charge in [-0.1, -0.05) is 60.7 Å². The van der Waals surface area contributed by atoms with Crippen LogP contribution in [-0.4, -0.2) is 26.3 Å². The molecule has 4 rings (SSSR count). The van der Waals surface area contributed by atoms with E-state index in [9.17, 15) is 4.79 Å². The van der Waals surface area contributed by atoms with Crippen LogP contribution in [0.25, 0.3) is 0 Å². The molecule has 0 saturated heterocycles. The van der Waals surface area contributed by atoms with Crippen molar-refractivity contribution >= 4 is 17.2 Å². The number of carbonyl (C=O) groups is 1. The first kappa shape index (κ1) is 20.4. The maximum Gasteiger partial charge on any atom is 0.208 e. The molecule has 0 unspecified atom stereocenters. The second-order valence-corrected chi connectivity index (χ2v) is 7.88. The number of pyridine rings is 1. The van der Waals surface area contributed by atoms with Gasteiger partial charge >= 0.3 is 0 Å². The van der Waals surface area contributed by atoms with E-state index in [1.165, 1.54) is 0 Å². The third-order valence-electron chi connectivity index (χ3n) is 5.17. The fourth-order valence-electron chi connectivity index (χ4n) is 3.35. The second-order valence-electron chi connectivity index (χ2n) is 7.88. The largest absolute Gasteiger partial charge is 0.290 e. The highest BCUT2D eigenvalue weighted by molar-refractivity contribution is 6.14. The van der Waals surface area contributed by atoms with E-state index in [-0.39, 0.29) is 5.78 Å². The number of benzene rings is 2. The summed E-state index contributed by atoms with van der Waals surface area (Å²) in [6.07, 6.45) is 3.46. The number of Topliss-reactive ketones (excluding diaryl/α,β-unsaturated/α-hetero) is 1. The lowest BCUT2D eigenvalue weighted by atomic mass is 9.96. The average molecular weight is 409 g/mol. The Hall–Kier alpha value is -3.86. The number of nitrogens with zero attached hydrogens (tertiary/aromatic N) is 4. The van der Waals surface area contributed by atoms with Crippen LogP contribution in [0.3, 0.4) is 0 Å². The standard InChI is InChI=1S/C26H24N4O/c1-19-16-17-30(29-19)26(2,3)25(31)23-15-14-22(18-27-23)28-24(20-10-6-4-7-11-20)21-12-8-5-9-13-21/h4-18H,1-3H3. The lowest BCUT2D eigenvalue weighted by Gasteiger charge is -2.23. The zero-order valence-electron chi connectivity index (χ0n) is 17.9. The van der Waals surface area contributed by atoms with Crippen molar-refractivity contribution in [2.24, 2.45) is 4.99 Å². The number of aromatic nitrogens is 3. The van der Waals surface area contributed by atoms with Crippen molar-refractivity contribution in [3.8, 4) is 0 Å². The number of carbonyl (C=O) groups excluding carboxylic acids is 1. The molecule has 0 bridgehead atoms. The lowest BCUT2D eigenvalue weighted by molar-refractivity contribution is 0.0828. The molecule has 0 radical (unpaired) electrons. The Balaban J connectivity index is 1.66. The quantitative estimate of drug-likeness (QED) is 0.318. The van der Waals surface area contributed by atoms with Gasteiger partial charge in [0.25, 0.3) is 0 Å². The molecule has 0 amide bonds. The van der Waals surface area contributed by atoms with Gasteiger partial charge in [0, 0.05) is 17.3 Å². The molecule has 31 heavy (non-hydrogen) atoms. The summed E-state index contributed by atoms with van der Waals surface area (Å²) in [6, 6.07) is 25.5. The van der Waals surface area contributed by atoms with Gasteiger partial charge in [-0.15, -0.1) is 0 Å². The minimum atomic E-state index is -0.828. The molecule has 0 N–H and O–H groups in total. The van der Waals surface area contributed by atoms with E-state index in [4.69, 9.17) is 4.99 Å². The van der Waals surface area contributed by atoms with Crippen LogP contribution in [-0.2, 0) is 5.54 Å². The van der Waals surface area contributed by atoms with Gasteiger partial charge in [0.15, 0.2) is 0 Å². The highest BCUT2D eigenvalue weighted by atomic mass is 16.1. The normalized spacial score (nSPS) is 11.2. The first-order valence-corrected chi connectivity index (χ1v) is 10.2. The molecule has 5 heteroatoms. The molecule has 0 aliphatic carbocycles. The van der Waals surface area contributed by atoms with Gasteiger partial charge in [0.1, 0.15) is 11.2 Å². The molecule has 154 valence electrons. The molecule has 0 aliphatic heterocycles. The Morgan fingerprint density at radius 3 is 1.97 bits per heavy atom. The summed E-state index contributed by atoms with van der Waals surface area (Å²) in [7, 11) is 0. The minimum absolute atomic E-state index is 0.0996. The fraction of sp³-hybridized carbons (Fsp3) is 0.154. The molecule has 5 nitrogen and oxygen atoms in total. The van der Waals surface area contributed by atoms with Crippen LogP contribution in [0.1, 0.15) is 41.2 Å². The van der Waals surface area contributed by atoms with E-state index < -0.39 is 5.54 Å². The Bertz CT molecular complexity index is 1170. The van der Waals surface area contributed by atoms with Crippen LogP contribution in [0.4, 0.5) is 5.69 Å². The van der Waals surface area contributed by atoms with Crippen LogP contribution >= 0.6 is 0 Å². The van der Waals surface area contributed by atoms with Crippen molar-refractivity contribution < 1.29 is 4.79 Å². The molecule has 2 heterocycles. The molecule has 0 spiro atoms. The molecular weight excluding hydrogens is 384 g/mol. The smallest absolute Gasteiger partial charge is 0.208 e. The van der Waals surface area contributed by atoms with E-state index in [0.29, 0.717) is 11.4 Å². The van der Waals surface area contributed by atoms with Crippen molar-refractivity contribution in [1.29, 1.82) is 0 Å². The van der Waals surface area contributed by atoms with Crippen molar-refractivity contribution in [1.82, 2.24) is 14.8 Å². The van der Waals surface area contributed by atoms with E-state index in [1.54, 1.807) is 16.9 Å². The molecule has 4 aromatic rings.